The molecule has 19 heavy (non-hydrogen) atoms. The minimum atomic E-state index is -3.95. The van der Waals surface area contributed by atoms with Gasteiger partial charge in [0, 0.05) is 6.54 Å². The first-order chi connectivity index (χ1) is 8.77. The molecule has 0 saturated carbocycles. The van der Waals surface area contributed by atoms with Crippen LogP contribution in [0.2, 0.25) is 0 Å². The van der Waals surface area contributed by atoms with E-state index in [1.807, 2.05) is 0 Å². The largest absolute Gasteiger partial charge is 0.495 e. The molecule has 0 aromatic heterocycles. The molecule has 1 aromatic carbocycles. The predicted octanol–water partition coefficient (Wildman–Crippen LogP) is 0.0525. The second-order valence-corrected chi connectivity index (χ2v) is 5.61. The summed E-state index contributed by atoms with van der Waals surface area (Å²) in [6.45, 7) is 1.25. The molecule has 106 valence electrons. The Kier molecular flexibility index (Phi) is 4.87. The first-order valence-electron chi connectivity index (χ1n) is 5.37. The van der Waals surface area contributed by atoms with Crippen LogP contribution in [0.5, 0.6) is 5.75 Å². The zero-order valence-corrected chi connectivity index (χ0v) is 11.3. The fraction of sp³-hybridized carbons (Fsp3) is 0.364. The fourth-order valence-corrected chi connectivity index (χ4v) is 2.64. The van der Waals surface area contributed by atoms with Crippen LogP contribution in [0.25, 0.3) is 0 Å². The number of rotatable bonds is 6. The standard InChI is InChI=1S/C11H15NO6S/c1-7(13)6-12-19(16,17)10-5-8(11(14)15)3-4-9(10)18-2/h3-5,7,12-13H,6H2,1-2H3,(H,14,15)/t7-/m0/s1. The molecule has 1 aromatic rings. The van der Waals surface area contributed by atoms with Crippen molar-refractivity contribution in [1.82, 2.24) is 4.72 Å². The molecule has 0 bridgehead atoms. The van der Waals surface area contributed by atoms with Crippen LogP contribution in [0.1, 0.15) is 17.3 Å². The van der Waals surface area contributed by atoms with E-state index < -0.39 is 22.1 Å². The van der Waals surface area contributed by atoms with Crippen molar-refractivity contribution in [3.63, 3.8) is 0 Å². The lowest BCUT2D eigenvalue weighted by Gasteiger charge is -2.12. The Morgan fingerprint density at radius 3 is 2.58 bits per heavy atom. The molecular weight excluding hydrogens is 274 g/mol. The van der Waals surface area contributed by atoms with Gasteiger partial charge in [-0.15, -0.1) is 0 Å². The second-order valence-electron chi connectivity index (χ2n) is 3.87. The van der Waals surface area contributed by atoms with Crippen LogP contribution in [0.15, 0.2) is 23.1 Å². The van der Waals surface area contributed by atoms with E-state index in [1.165, 1.54) is 26.2 Å². The van der Waals surface area contributed by atoms with E-state index in [4.69, 9.17) is 14.9 Å². The Bertz CT molecular complexity index is 567. The van der Waals surface area contributed by atoms with Gasteiger partial charge in [-0.3, -0.25) is 0 Å². The zero-order valence-electron chi connectivity index (χ0n) is 10.5. The smallest absolute Gasteiger partial charge is 0.335 e. The van der Waals surface area contributed by atoms with Gasteiger partial charge in [-0.25, -0.2) is 17.9 Å². The number of sulfonamides is 1. The monoisotopic (exact) mass is 289 g/mol. The van der Waals surface area contributed by atoms with E-state index >= 15 is 0 Å². The van der Waals surface area contributed by atoms with Gasteiger partial charge in [0.2, 0.25) is 10.0 Å². The summed E-state index contributed by atoms with van der Waals surface area (Å²) in [4.78, 5) is 10.6. The van der Waals surface area contributed by atoms with Crippen LogP contribution >= 0.6 is 0 Å². The van der Waals surface area contributed by atoms with Crippen molar-refractivity contribution >= 4 is 16.0 Å². The third kappa shape index (κ3) is 3.91. The maximum absolute atomic E-state index is 12.0. The average molecular weight is 289 g/mol. The number of benzene rings is 1. The van der Waals surface area contributed by atoms with Crippen molar-refractivity contribution < 1.29 is 28.2 Å². The highest BCUT2D eigenvalue weighted by Gasteiger charge is 2.21. The molecule has 0 heterocycles. The number of ether oxygens (including phenoxy) is 1. The zero-order chi connectivity index (χ0) is 14.6. The SMILES string of the molecule is COc1ccc(C(=O)O)cc1S(=O)(=O)NC[C@H](C)O. The van der Waals surface area contributed by atoms with Crippen molar-refractivity contribution in [2.24, 2.45) is 0 Å². The Balaban J connectivity index is 3.22. The topological polar surface area (TPSA) is 113 Å². The summed E-state index contributed by atoms with van der Waals surface area (Å²) in [7, 11) is -2.67. The van der Waals surface area contributed by atoms with E-state index in [9.17, 15) is 13.2 Å². The van der Waals surface area contributed by atoms with E-state index in [1.54, 1.807) is 0 Å². The summed E-state index contributed by atoms with van der Waals surface area (Å²) in [6.07, 6.45) is -0.858. The maximum atomic E-state index is 12.0. The minimum absolute atomic E-state index is 0.0306. The number of aromatic carboxylic acids is 1. The average Bonchev–Trinajstić information content (AvgIpc) is 2.35. The molecule has 0 radical (unpaired) electrons. The predicted molar refractivity (Wildman–Crippen MR) is 66.8 cm³/mol. The van der Waals surface area contributed by atoms with Gasteiger partial charge in [0.25, 0.3) is 0 Å². The number of aliphatic hydroxyl groups excluding tert-OH is 1. The van der Waals surface area contributed by atoms with Gasteiger partial charge in [-0.2, -0.15) is 0 Å². The van der Waals surface area contributed by atoms with E-state index in [0.717, 1.165) is 6.07 Å². The Hall–Kier alpha value is -1.64. The Morgan fingerprint density at radius 2 is 2.11 bits per heavy atom. The van der Waals surface area contributed by atoms with Crippen molar-refractivity contribution in [1.29, 1.82) is 0 Å². The third-order valence-electron chi connectivity index (χ3n) is 2.27. The fourth-order valence-electron chi connectivity index (χ4n) is 1.33. The van der Waals surface area contributed by atoms with E-state index in [0.29, 0.717) is 0 Å². The molecule has 1 atom stereocenters. The third-order valence-corrected chi connectivity index (χ3v) is 3.71. The highest BCUT2D eigenvalue weighted by molar-refractivity contribution is 7.89. The normalized spacial score (nSPS) is 13.0. The summed E-state index contributed by atoms with van der Waals surface area (Å²) in [5.74, 6) is -1.21. The van der Waals surface area contributed by atoms with Crippen LogP contribution in [-0.4, -0.2) is 44.4 Å². The minimum Gasteiger partial charge on any atom is -0.495 e. The molecule has 0 aliphatic heterocycles. The molecular formula is C11H15NO6S. The van der Waals surface area contributed by atoms with Gasteiger partial charge in [0.1, 0.15) is 10.6 Å². The molecule has 7 nitrogen and oxygen atoms in total. The summed E-state index contributed by atoms with van der Waals surface area (Å²) in [5, 5.41) is 17.9. The molecule has 0 aliphatic carbocycles. The quantitative estimate of drug-likeness (QED) is 0.682. The lowest BCUT2D eigenvalue weighted by molar-refractivity contribution is 0.0696. The summed E-state index contributed by atoms with van der Waals surface area (Å²) < 4.78 is 31.1. The van der Waals surface area contributed by atoms with Gasteiger partial charge >= 0.3 is 5.97 Å². The van der Waals surface area contributed by atoms with Crippen LogP contribution in [0.3, 0.4) is 0 Å². The van der Waals surface area contributed by atoms with Gasteiger partial charge < -0.3 is 14.9 Å². The lowest BCUT2D eigenvalue weighted by Crippen LogP contribution is -2.31. The molecule has 3 N–H and O–H groups in total. The van der Waals surface area contributed by atoms with Gasteiger partial charge in [0.05, 0.1) is 18.8 Å². The van der Waals surface area contributed by atoms with Crippen LogP contribution in [-0.2, 0) is 10.0 Å². The number of nitrogens with one attached hydrogen (secondary N) is 1. The molecule has 0 amide bonds. The highest BCUT2D eigenvalue weighted by Crippen LogP contribution is 2.24. The van der Waals surface area contributed by atoms with Gasteiger partial charge in [0.15, 0.2) is 0 Å². The number of methoxy groups -OCH3 is 1. The summed E-state index contributed by atoms with van der Waals surface area (Å²) in [6, 6.07) is 3.51. The second kappa shape index (κ2) is 6.00. The first kappa shape index (κ1) is 15.4. The molecule has 0 fully saturated rings. The summed E-state index contributed by atoms with van der Waals surface area (Å²) in [5.41, 5.74) is -0.168. The number of carboxylic acids is 1. The number of carbonyl (C=O) groups is 1. The number of hydrogen-bond acceptors (Lipinski definition) is 5. The Morgan fingerprint density at radius 1 is 1.47 bits per heavy atom. The van der Waals surface area contributed by atoms with Crippen LogP contribution in [0.4, 0.5) is 0 Å². The molecule has 0 aliphatic rings. The highest BCUT2D eigenvalue weighted by atomic mass is 32.2. The number of carboxylic acid groups (broad SMARTS) is 1. The van der Waals surface area contributed by atoms with Crippen molar-refractivity contribution in [2.75, 3.05) is 13.7 Å². The first-order valence-corrected chi connectivity index (χ1v) is 6.85. The number of aliphatic hydroxyl groups is 1. The Labute approximate surface area is 110 Å². The maximum Gasteiger partial charge on any atom is 0.335 e. The van der Waals surface area contributed by atoms with Gasteiger partial charge in [-0.1, -0.05) is 0 Å². The number of hydrogen-bond donors (Lipinski definition) is 3. The lowest BCUT2D eigenvalue weighted by atomic mass is 10.2. The van der Waals surface area contributed by atoms with E-state index in [2.05, 4.69) is 4.72 Å². The van der Waals surface area contributed by atoms with Gasteiger partial charge in [-0.05, 0) is 25.1 Å². The van der Waals surface area contributed by atoms with Crippen LogP contribution < -0.4 is 9.46 Å². The van der Waals surface area contributed by atoms with Crippen molar-refractivity contribution in [3.05, 3.63) is 23.8 Å². The molecule has 8 heteroatoms. The molecule has 0 spiro atoms. The van der Waals surface area contributed by atoms with E-state index in [-0.39, 0.29) is 22.8 Å². The molecule has 0 unspecified atom stereocenters. The molecule has 0 saturated heterocycles. The van der Waals surface area contributed by atoms with Crippen molar-refractivity contribution in [3.8, 4) is 5.75 Å². The molecule has 1 rings (SSSR count). The van der Waals surface area contributed by atoms with Crippen molar-refractivity contribution in [2.45, 2.75) is 17.9 Å². The van der Waals surface area contributed by atoms with Crippen LogP contribution in [0, 0.1) is 0 Å². The summed E-state index contributed by atoms with van der Waals surface area (Å²) >= 11 is 0.